The number of esters is 1. The fraction of sp³-hybridized carbons (Fsp3) is 0.849. The minimum Gasteiger partial charge on any atom is -0.466 e. The second-order valence-corrected chi connectivity index (χ2v) is 18.2. The number of rotatable bonds is 44. The van der Waals surface area contributed by atoms with Crippen molar-refractivity contribution in [2.24, 2.45) is 0 Å². The van der Waals surface area contributed by atoms with E-state index in [1.807, 2.05) is 6.08 Å². The summed E-state index contributed by atoms with van der Waals surface area (Å²) in [5.74, 6) is -0.267. The molecule has 7 atom stereocenters. The molecule has 1 aliphatic heterocycles. The zero-order chi connectivity index (χ0) is 46.7. The van der Waals surface area contributed by atoms with Gasteiger partial charge in [0, 0.05) is 12.8 Å². The lowest BCUT2D eigenvalue weighted by Gasteiger charge is -2.40. The molecule has 1 saturated heterocycles. The summed E-state index contributed by atoms with van der Waals surface area (Å²) in [4.78, 5) is 25.0. The topological polar surface area (TPSA) is 175 Å². The normalized spacial score (nSPS) is 20.1. The van der Waals surface area contributed by atoms with Gasteiger partial charge < -0.3 is 45.1 Å². The van der Waals surface area contributed by atoms with Crippen LogP contribution in [0.2, 0.25) is 0 Å². The third-order valence-corrected chi connectivity index (χ3v) is 12.2. The summed E-state index contributed by atoms with van der Waals surface area (Å²) in [7, 11) is 0. The summed E-state index contributed by atoms with van der Waals surface area (Å²) in [6, 6.07) is -0.845. The summed E-state index contributed by atoms with van der Waals surface area (Å²) in [5.41, 5.74) is 0. The molecule has 0 saturated carbocycles. The number of aliphatic hydroxyl groups is 5. The van der Waals surface area contributed by atoms with Crippen LogP contribution in [0.3, 0.4) is 0 Å². The summed E-state index contributed by atoms with van der Waals surface area (Å²) in [5, 5.41) is 54.2. The van der Waals surface area contributed by atoms with Crippen molar-refractivity contribution in [3.05, 3.63) is 36.5 Å². The Morgan fingerprint density at radius 3 is 1.55 bits per heavy atom. The predicted octanol–water partition coefficient (Wildman–Crippen LogP) is 10.8. The van der Waals surface area contributed by atoms with E-state index in [1.165, 1.54) is 103 Å². The molecule has 0 aliphatic carbocycles. The average molecular weight is 908 g/mol. The van der Waals surface area contributed by atoms with Gasteiger partial charge in [0.25, 0.3) is 0 Å². The Bertz CT molecular complexity index is 1160. The smallest absolute Gasteiger partial charge is 0.305 e. The number of unbranched alkanes of at least 4 members (excludes halogenated alkanes) is 26. The van der Waals surface area contributed by atoms with Crippen LogP contribution in [0.4, 0.5) is 0 Å². The fourth-order valence-electron chi connectivity index (χ4n) is 7.97. The summed E-state index contributed by atoms with van der Waals surface area (Å²) in [6.07, 6.45) is 40.7. The molecule has 0 aromatic heterocycles. The van der Waals surface area contributed by atoms with Crippen LogP contribution >= 0.6 is 0 Å². The van der Waals surface area contributed by atoms with Gasteiger partial charge in [0.05, 0.1) is 32.0 Å². The number of hydrogen-bond donors (Lipinski definition) is 6. The molecule has 1 fully saturated rings. The van der Waals surface area contributed by atoms with Gasteiger partial charge in [0.15, 0.2) is 6.29 Å². The Balaban J connectivity index is 2.24. The van der Waals surface area contributed by atoms with Crippen LogP contribution in [0.1, 0.15) is 226 Å². The number of hydrogen-bond acceptors (Lipinski definition) is 10. The highest BCUT2D eigenvalue weighted by Crippen LogP contribution is 2.23. The number of carbonyl (C=O) groups is 2. The van der Waals surface area contributed by atoms with E-state index in [0.29, 0.717) is 25.9 Å². The fourth-order valence-corrected chi connectivity index (χ4v) is 7.97. The molecule has 0 spiro atoms. The van der Waals surface area contributed by atoms with Gasteiger partial charge in [0.2, 0.25) is 5.91 Å². The first-order chi connectivity index (χ1) is 31.2. The van der Waals surface area contributed by atoms with Gasteiger partial charge in [-0.15, -0.1) is 0 Å². The first kappa shape index (κ1) is 59.9. The number of nitrogens with one attached hydrogen (secondary N) is 1. The number of aliphatic hydroxyl groups excluding tert-OH is 5. The van der Waals surface area contributed by atoms with Crippen molar-refractivity contribution >= 4 is 11.9 Å². The minimum absolute atomic E-state index is 0.0488. The molecule has 0 aromatic rings. The second-order valence-electron chi connectivity index (χ2n) is 18.2. The van der Waals surface area contributed by atoms with E-state index in [-0.39, 0.29) is 18.5 Å². The zero-order valence-corrected chi connectivity index (χ0v) is 40.7. The monoisotopic (exact) mass is 908 g/mol. The third kappa shape index (κ3) is 33.4. The van der Waals surface area contributed by atoms with Crippen molar-refractivity contribution in [1.29, 1.82) is 0 Å². The Morgan fingerprint density at radius 2 is 1.02 bits per heavy atom. The maximum Gasteiger partial charge on any atom is 0.305 e. The van der Waals surface area contributed by atoms with Gasteiger partial charge in [-0.3, -0.25) is 9.59 Å². The molecule has 1 aliphatic rings. The van der Waals surface area contributed by atoms with Crippen molar-refractivity contribution < 1.29 is 49.3 Å². The molecular weight excluding hydrogens is 811 g/mol. The molecule has 374 valence electrons. The molecule has 0 radical (unpaired) electrons. The van der Waals surface area contributed by atoms with Crippen LogP contribution in [0, 0.1) is 0 Å². The Hall–Kier alpha value is -2.12. The lowest BCUT2D eigenvalue weighted by Crippen LogP contribution is -2.60. The predicted molar refractivity (Wildman–Crippen MR) is 260 cm³/mol. The van der Waals surface area contributed by atoms with E-state index < -0.39 is 49.5 Å². The van der Waals surface area contributed by atoms with E-state index in [9.17, 15) is 35.1 Å². The van der Waals surface area contributed by atoms with E-state index in [4.69, 9.17) is 14.2 Å². The molecule has 11 nitrogen and oxygen atoms in total. The van der Waals surface area contributed by atoms with Gasteiger partial charge in [0.1, 0.15) is 24.4 Å². The number of ether oxygens (including phenoxy) is 3. The first-order valence-corrected chi connectivity index (χ1v) is 26.3. The van der Waals surface area contributed by atoms with Gasteiger partial charge in [-0.05, 0) is 77.0 Å². The molecular formula is C53H97NO10. The highest BCUT2D eigenvalue weighted by atomic mass is 16.7. The quantitative estimate of drug-likeness (QED) is 0.0196. The van der Waals surface area contributed by atoms with E-state index in [1.54, 1.807) is 6.08 Å². The van der Waals surface area contributed by atoms with Gasteiger partial charge in [-0.2, -0.15) is 0 Å². The lowest BCUT2D eigenvalue weighted by atomic mass is 9.99. The van der Waals surface area contributed by atoms with Crippen LogP contribution in [-0.4, -0.2) is 100 Å². The first-order valence-electron chi connectivity index (χ1n) is 26.3. The Kier molecular flexibility index (Phi) is 40.7. The molecule has 64 heavy (non-hydrogen) atoms. The van der Waals surface area contributed by atoms with Crippen LogP contribution in [-0.2, 0) is 23.8 Å². The number of amides is 1. The van der Waals surface area contributed by atoms with E-state index in [2.05, 4.69) is 43.5 Å². The van der Waals surface area contributed by atoms with Gasteiger partial charge >= 0.3 is 5.97 Å². The van der Waals surface area contributed by atoms with Crippen LogP contribution in [0.15, 0.2) is 36.5 Å². The van der Waals surface area contributed by atoms with Crippen LogP contribution in [0.5, 0.6) is 0 Å². The minimum atomic E-state index is -1.59. The maximum atomic E-state index is 13.0. The molecule has 7 unspecified atom stereocenters. The van der Waals surface area contributed by atoms with Crippen LogP contribution < -0.4 is 5.32 Å². The summed E-state index contributed by atoms with van der Waals surface area (Å²) < 4.78 is 16.6. The molecule has 1 amide bonds. The highest BCUT2D eigenvalue weighted by Gasteiger charge is 2.44. The van der Waals surface area contributed by atoms with Crippen molar-refractivity contribution in [1.82, 2.24) is 5.32 Å². The second kappa shape index (κ2) is 43.5. The molecule has 6 N–H and O–H groups in total. The number of allylic oxidation sites excluding steroid dienone is 5. The van der Waals surface area contributed by atoms with E-state index in [0.717, 1.165) is 89.9 Å². The van der Waals surface area contributed by atoms with Crippen LogP contribution in [0.25, 0.3) is 0 Å². The molecule has 0 aromatic carbocycles. The lowest BCUT2D eigenvalue weighted by molar-refractivity contribution is -0.302. The molecule has 11 heteroatoms. The molecule has 1 rings (SSSR count). The summed E-state index contributed by atoms with van der Waals surface area (Å²) >= 11 is 0. The Morgan fingerprint density at radius 1 is 0.562 bits per heavy atom. The zero-order valence-electron chi connectivity index (χ0n) is 40.7. The SMILES string of the molecule is CCCCCCCCC/C=C/CC/C=C/C(O)C(COC1OC(CO)C(O)C(O)C1O)NC(=O)CCCCCCC/C=C\CCCCCOC(=O)CCCCCCCCCCCCC. The molecule has 1 heterocycles. The largest absolute Gasteiger partial charge is 0.466 e. The standard InChI is InChI=1S/C53H97NO10/c1-3-5-7-9-11-13-15-16-20-23-27-31-35-39-46(56)45(44-63-53-52(61)51(60)50(59)47(43-55)64-53)54-48(57)40-36-32-28-24-21-17-18-22-26-30-34-38-42-62-49(58)41-37-33-29-25-19-14-12-10-8-6-4-2/h18,20,22-23,35,39,45-47,50-53,55-56,59-61H,3-17,19,21,24-34,36-38,40-44H2,1-2H3,(H,54,57)/b22-18-,23-20+,39-35+. The van der Waals surface area contributed by atoms with Gasteiger partial charge in [-0.1, -0.05) is 172 Å². The highest BCUT2D eigenvalue weighted by molar-refractivity contribution is 5.76. The van der Waals surface area contributed by atoms with Gasteiger partial charge in [-0.25, -0.2) is 0 Å². The van der Waals surface area contributed by atoms with Crippen molar-refractivity contribution in [2.75, 3.05) is 19.8 Å². The molecule has 0 bridgehead atoms. The van der Waals surface area contributed by atoms with Crippen molar-refractivity contribution in [3.63, 3.8) is 0 Å². The van der Waals surface area contributed by atoms with Crippen molar-refractivity contribution in [3.8, 4) is 0 Å². The van der Waals surface area contributed by atoms with E-state index >= 15 is 0 Å². The average Bonchev–Trinajstić information content (AvgIpc) is 3.29. The number of carbonyl (C=O) groups excluding carboxylic acids is 2. The third-order valence-electron chi connectivity index (χ3n) is 12.2. The maximum absolute atomic E-state index is 13.0. The van der Waals surface area contributed by atoms with Crippen molar-refractivity contribution in [2.45, 2.75) is 269 Å². The Labute approximate surface area is 390 Å². The summed E-state index contributed by atoms with van der Waals surface area (Å²) in [6.45, 7) is 4.22.